The Hall–Kier alpha value is -3.69. The van der Waals surface area contributed by atoms with Gasteiger partial charge in [-0.25, -0.2) is 0 Å². The van der Waals surface area contributed by atoms with E-state index in [1.807, 2.05) is 6.07 Å². The van der Waals surface area contributed by atoms with Crippen molar-refractivity contribution in [3.63, 3.8) is 0 Å². The second-order valence-electron chi connectivity index (χ2n) is 13.7. The van der Waals surface area contributed by atoms with E-state index in [0.717, 1.165) is 73.1 Å². The number of aryl methyl sites for hydroxylation is 1. The topological polar surface area (TPSA) is 33.5 Å². The summed E-state index contributed by atoms with van der Waals surface area (Å²) in [6.07, 6.45) is 26.1. The van der Waals surface area contributed by atoms with Gasteiger partial charge in [-0.1, -0.05) is 85.7 Å². The van der Waals surface area contributed by atoms with E-state index in [1.165, 1.54) is 61.0 Å². The molecule has 2 heterocycles. The fraction of sp³-hybridized carbons (Fsp3) is 0.419. The van der Waals surface area contributed by atoms with Gasteiger partial charge in [0, 0.05) is 17.6 Å². The molecule has 3 aromatic rings. The number of fused-ring (bicyclic) bond motifs is 1. The van der Waals surface area contributed by atoms with E-state index in [0.29, 0.717) is 6.42 Å². The fourth-order valence-electron chi connectivity index (χ4n) is 7.74. The van der Waals surface area contributed by atoms with Crippen molar-refractivity contribution in [3.8, 4) is 11.1 Å². The average molecular weight is 614 g/mol. The highest BCUT2D eigenvalue weighted by Gasteiger charge is 2.27. The van der Waals surface area contributed by atoms with Gasteiger partial charge >= 0.3 is 0 Å². The van der Waals surface area contributed by atoms with E-state index in [1.54, 1.807) is 18.1 Å². The molecular formula is C43H51NO2. The highest BCUT2D eigenvalue weighted by atomic mass is 16.3. The summed E-state index contributed by atoms with van der Waals surface area (Å²) >= 11 is 0. The number of hydrogen-bond acceptors (Lipinski definition) is 3. The number of likely N-dealkylation sites (tertiary alicyclic amines) is 1. The zero-order valence-electron chi connectivity index (χ0n) is 28.0. The number of furan rings is 1. The van der Waals surface area contributed by atoms with Gasteiger partial charge in [0.15, 0.2) is 5.78 Å². The molecule has 0 spiro atoms. The van der Waals surface area contributed by atoms with Crippen molar-refractivity contribution in [2.24, 2.45) is 5.92 Å². The lowest BCUT2D eigenvalue weighted by molar-refractivity contribution is -0.114. The lowest BCUT2D eigenvalue weighted by atomic mass is 9.86. The molecule has 6 rings (SSSR count). The van der Waals surface area contributed by atoms with E-state index in [-0.39, 0.29) is 11.7 Å². The first-order valence-electron chi connectivity index (χ1n) is 17.8. The van der Waals surface area contributed by atoms with Crippen LogP contribution < -0.4 is 0 Å². The second-order valence-corrected chi connectivity index (χ2v) is 13.7. The summed E-state index contributed by atoms with van der Waals surface area (Å²) in [4.78, 5) is 16.2. The molecule has 3 heteroatoms. The molecule has 0 N–H and O–H groups in total. The number of rotatable bonds is 8. The lowest BCUT2D eigenvalue weighted by Gasteiger charge is -2.25. The SMILES string of the molecule is CCCC1CC(=O)C(c2ccc(-c3ccoc3)cc2)=CC2=CCC=C(CCc3ccc(C4CCCN(C)CCC4)cc3)CCC=C21. The van der Waals surface area contributed by atoms with Crippen molar-refractivity contribution in [2.75, 3.05) is 20.1 Å². The van der Waals surface area contributed by atoms with Crippen molar-refractivity contribution < 1.29 is 9.21 Å². The molecule has 1 saturated heterocycles. The Bertz CT molecular complexity index is 1560. The van der Waals surface area contributed by atoms with E-state index in [2.05, 4.69) is 91.7 Å². The van der Waals surface area contributed by atoms with Gasteiger partial charge in [-0.05, 0) is 142 Å². The maximum Gasteiger partial charge on any atom is 0.164 e. The maximum absolute atomic E-state index is 13.7. The molecule has 0 saturated carbocycles. The molecule has 46 heavy (non-hydrogen) atoms. The second kappa shape index (κ2) is 15.7. The van der Waals surface area contributed by atoms with Gasteiger partial charge in [-0.3, -0.25) is 4.79 Å². The summed E-state index contributed by atoms with van der Waals surface area (Å²) < 4.78 is 5.27. The van der Waals surface area contributed by atoms with E-state index in [4.69, 9.17) is 4.42 Å². The third-order valence-corrected chi connectivity index (χ3v) is 10.4. The number of allylic oxidation sites excluding steroid dienone is 8. The monoisotopic (exact) mass is 613 g/mol. The van der Waals surface area contributed by atoms with Crippen LogP contribution in [0.5, 0.6) is 0 Å². The Morgan fingerprint density at radius 1 is 0.848 bits per heavy atom. The molecule has 0 bridgehead atoms. The molecule has 1 aromatic heterocycles. The van der Waals surface area contributed by atoms with Gasteiger partial charge in [0.1, 0.15) is 0 Å². The normalized spacial score (nSPS) is 20.5. The molecule has 1 atom stereocenters. The van der Waals surface area contributed by atoms with Crippen LogP contribution in [-0.2, 0) is 11.2 Å². The minimum Gasteiger partial charge on any atom is -0.472 e. The lowest BCUT2D eigenvalue weighted by Crippen LogP contribution is -2.24. The zero-order valence-corrected chi connectivity index (χ0v) is 28.0. The van der Waals surface area contributed by atoms with E-state index in [9.17, 15) is 4.79 Å². The van der Waals surface area contributed by atoms with Gasteiger partial charge in [-0.2, -0.15) is 0 Å². The first-order chi connectivity index (χ1) is 22.6. The first-order valence-corrected chi connectivity index (χ1v) is 17.8. The number of carbonyl (C=O) groups is 1. The molecule has 1 aliphatic heterocycles. The van der Waals surface area contributed by atoms with Crippen LogP contribution in [0, 0.1) is 5.92 Å². The summed E-state index contributed by atoms with van der Waals surface area (Å²) in [5.41, 5.74) is 11.2. The molecule has 3 aliphatic rings. The molecule has 1 fully saturated rings. The summed E-state index contributed by atoms with van der Waals surface area (Å²) in [6.45, 7) is 4.69. The predicted octanol–water partition coefficient (Wildman–Crippen LogP) is 10.9. The number of ketones is 1. The molecule has 2 aromatic carbocycles. The van der Waals surface area contributed by atoms with Gasteiger partial charge in [-0.15, -0.1) is 0 Å². The minimum atomic E-state index is 0.255. The third-order valence-electron chi connectivity index (χ3n) is 10.4. The van der Waals surface area contributed by atoms with Crippen molar-refractivity contribution in [1.82, 2.24) is 4.90 Å². The van der Waals surface area contributed by atoms with Crippen LogP contribution in [0.15, 0.2) is 113 Å². The number of Topliss-reactive ketones (excluding diaryl/α,β-unsaturated/α-hetero) is 1. The maximum atomic E-state index is 13.7. The number of carbonyl (C=O) groups excluding carboxylic acids is 1. The Balaban J connectivity index is 1.15. The van der Waals surface area contributed by atoms with Crippen molar-refractivity contribution in [2.45, 2.75) is 89.9 Å². The predicted molar refractivity (Wildman–Crippen MR) is 192 cm³/mol. The molecule has 0 radical (unpaired) electrons. The fourth-order valence-corrected chi connectivity index (χ4v) is 7.74. The van der Waals surface area contributed by atoms with Gasteiger partial charge in [0.2, 0.25) is 0 Å². The largest absolute Gasteiger partial charge is 0.472 e. The molecule has 1 unspecified atom stereocenters. The van der Waals surface area contributed by atoms with Crippen molar-refractivity contribution >= 4 is 11.4 Å². The average Bonchev–Trinajstić information content (AvgIpc) is 3.59. The van der Waals surface area contributed by atoms with Crippen LogP contribution in [0.3, 0.4) is 0 Å². The van der Waals surface area contributed by atoms with E-state index < -0.39 is 0 Å². The van der Waals surface area contributed by atoms with Crippen LogP contribution in [0.1, 0.15) is 100 Å². The van der Waals surface area contributed by atoms with Crippen molar-refractivity contribution in [1.29, 1.82) is 0 Å². The van der Waals surface area contributed by atoms with Gasteiger partial charge in [0.25, 0.3) is 0 Å². The zero-order chi connectivity index (χ0) is 31.7. The third kappa shape index (κ3) is 8.17. The van der Waals surface area contributed by atoms with Crippen LogP contribution in [0.4, 0.5) is 0 Å². The Labute approximate surface area is 276 Å². The van der Waals surface area contributed by atoms with Crippen molar-refractivity contribution in [3.05, 3.63) is 125 Å². The molecule has 2 aliphatic carbocycles. The summed E-state index contributed by atoms with van der Waals surface area (Å²) in [5.74, 6) is 1.25. The minimum absolute atomic E-state index is 0.255. The highest BCUT2D eigenvalue weighted by Crippen LogP contribution is 2.38. The van der Waals surface area contributed by atoms with Crippen LogP contribution >= 0.6 is 0 Å². The van der Waals surface area contributed by atoms with Crippen LogP contribution in [0.25, 0.3) is 16.7 Å². The summed E-state index contributed by atoms with van der Waals surface area (Å²) in [6, 6.07) is 19.9. The highest BCUT2D eigenvalue weighted by molar-refractivity contribution is 6.22. The molecule has 3 nitrogen and oxygen atoms in total. The first kappa shape index (κ1) is 32.3. The summed E-state index contributed by atoms with van der Waals surface area (Å²) in [7, 11) is 2.26. The molecular weight excluding hydrogens is 562 g/mol. The van der Waals surface area contributed by atoms with Gasteiger partial charge in [0.05, 0.1) is 12.5 Å². The molecule has 240 valence electrons. The van der Waals surface area contributed by atoms with E-state index >= 15 is 0 Å². The smallest absolute Gasteiger partial charge is 0.164 e. The van der Waals surface area contributed by atoms with Crippen LogP contribution in [-0.4, -0.2) is 30.8 Å². The standard InChI is InChI=1S/C43H51NO2/c1-3-8-38-30-43(45)42(37-23-21-36(22-24-37)40-25-28-46-31-40)29-39-11-4-9-32(10-5-14-41(38)39)15-16-33-17-19-35(20-18-33)34-12-6-26-44(2)27-7-13-34/h9,11,14,17-25,28-29,31,34,38H,3-8,10,12-13,15-16,26-27,30H2,1-2H3. The molecule has 0 amide bonds. The van der Waals surface area contributed by atoms with Gasteiger partial charge < -0.3 is 9.32 Å². The number of hydrogen-bond donors (Lipinski definition) is 0. The Morgan fingerprint density at radius 3 is 2.33 bits per heavy atom. The Kier molecular flexibility index (Phi) is 11.0. The summed E-state index contributed by atoms with van der Waals surface area (Å²) in [5, 5.41) is 0. The number of nitrogens with zero attached hydrogens (tertiary/aromatic N) is 1. The number of benzene rings is 2. The quantitative estimate of drug-likeness (QED) is 0.237. The van der Waals surface area contributed by atoms with Crippen LogP contribution in [0.2, 0.25) is 0 Å². The Morgan fingerprint density at radius 2 is 1.61 bits per heavy atom.